The fourth-order valence-corrected chi connectivity index (χ4v) is 5.33. The number of thiophene rings is 1. The van der Waals surface area contributed by atoms with Gasteiger partial charge < -0.3 is 5.32 Å². The molecule has 0 unspecified atom stereocenters. The molecule has 0 bridgehead atoms. The van der Waals surface area contributed by atoms with Gasteiger partial charge in [-0.25, -0.2) is 12.8 Å². The van der Waals surface area contributed by atoms with Gasteiger partial charge in [0.25, 0.3) is 5.91 Å². The predicted octanol–water partition coefficient (Wildman–Crippen LogP) is 5.22. The zero-order valence-corrected chi connectivity index (χ0v) is 18.2. The Morgan fingerprint density at radius 1 is 1.03 bits per heavy atom. The number of sulfone groups is 1. The van der Waals surface area contributed by atoms with E-state index in [0.717, 1.165) is 10.1 Å². The summed E-state index contributed by atoms with van der Waals surface area (Å²) in [5.41, 5.74) is -0.696. The SMILES string of the molecule is O=C(NCc1ccc(S(=O)(=O)c2ccc(C(F)(F)F)cc2F)cc1)c1cc2ccncc2s1. The highest BCUT2D eigenvalue weighted by atomic mass is 32.2. The van der Waals surface area contributed by atoms with Gasteiger partial charge in [0.2, 0.25) is 9.84 Å². The average molecular weight is 494 g/mol. The lowest BCUT2D eigenvalue weighted by molar-refractivity contribution is -0.137. The van der Waals surface area contributed by atoms with E-state index in [2.05, 4.69) is 10.3 Å². The minimum absolute atomic E-state index is 0.111. The maximum Gasteiger partial charge on any atom is 0.416 e. The van der Waals surface area contributed by atoms with Crippen molar-refractivity contribution in [2.45, 2.75) is 22.5 Å². The number of hydrogen-bond acceptors (Lipinski definition) is 5. The van der Waals surface area contributed by atoms with E-state index in [9.17, 15) is 30.8 Å². The minimum atomic E-state index is -4.79. The first-order valence-electron chi connectivity index (χ1n) is 9.38. The van der Waals surface area contributed by atoms with E-state index < -0.39 is 32.3 Å². The van der Waals surface area contributed by atoms with Gasteiger partial charge in [0.1, 0.15) is 10.7 Å². The molecule has 5 nitrogen and oxygen atoms in total. The van der Waals surface area contributed by atoms with Crippen molar-refractivity contribution < 1.29 is 30.8 Å². The number of amides is 1. The molecule has 0 spiro atoms. The summed E-state index contributed by atoms with van der Waals surface area (Å²) in [6, 6.07) is 10.1. The fourth-order valence-electron chi connectivity index (χ4n) is 3.07. The largest absolute Gasteiger partial charge is 0.416 e. The first kappa shape index (κ1) is 22.9. The summed E-state index contributed by atoms with van der Waals surface area (Å²) in [6.07, 6.45) is -1.50. The molecule has 4 aromatic rings. The van der Waals surface area contributed by atoms with E-state index >= 15 is 0 Å². The summed E-state index contributed by atoms with van der Waals surface area (Å²) in [6.45, 7) is 0.111. The van der Waals surface area contributed by atoms with Gasteiger partial charge in [-0.3, -0.25) is 9.78 Å². The summed E-state index contributed by atoms with van der Waals surface area (Å²) in [7, 11) is -4.37. The average Bonchev–Trinajstić information content (AvgIpc) is 3.21. The normalized spacial score (nSPS) is 12.1. The van der Waals surface area contributed by atoms with Crippen LogP contribution in [0.25, 0.3) is 10.1 Å². The highest BCUT2D eigenvalue weighted by Crippen LogP contribution is 2.32. The van der Waals surface area contributed by atoms with Crippen LogP contribution in [0.5, 0.6) is 0 Å². The van der Waals surface area contributed by atoms with Crippen molar-refractivity contribution in [2.24, 2.45) is 0 Å². The topological polar surface area (TPSA) is 76.1 Å². The first-order chi connectivity index (χ1) is 15.6. The Kier molecular flexibility index (Phi) is 5.93. The zero-order chi connectivity index (χ0) is 23.8. The third-order valence-corrected chi connectivity index (χ3v) is 7.67. The van der Waals surface area contributed by atoms with Gasteiger partial charge in [-0.15, -0.1) is 11.3 Å². The number of hydrogen-bond donors (Lipinski definition) is 1. The Hall–Kier alpha value is -3.31. The molecule has 0 aliphatic rings. The molecular weight excluding hydrogens is 480 g/mol. The maximum absolute atomic E-state index is 14.2. The van der Waals surface area contributed by atoms with E-state index in [4.69, 9.17) is 0 Å². The lowest BCUT2D eigenvalue weighted by Crippen LogP contribution is -2.21. The molecule has 1 amide bonds. The molecule has 2 heterocycles. The number of nitrogens with one attached hydrogen (secondary N) is 1. The van der Waals surface area contributed by atoms with Crippen molar-refractivity contribution in [3.8, 4) is 0 Å². The van der Waals surface area contributed by atoms with Crippen LogP contribution in [0, 0.1) is 5.82 Å². The molecule has 0 fully saturated rings. The molecule has 2 aromatic carbocycles. The number of pyridine rings is 1. The van der Waals surface area contributed by atoms with Crippen molar-refractivity contribution in [2.75, 3.05) is 0 Å². The van der Waals surface area contributed by atoms with E-state index in [-0.39, 0.29) is 23.4 Å². The summed E-state index contributed by atoms with van der Waals surface area (Å²) in [5.74, 6) is -1.79. The van der Waals surface area contributed by atoms with Crippen molar-refractivity contribution in [1.82, 2.24) is 10.3 Å². The Morgan fingerprint density at radius 2 is 1.76 bits per heavy atom. The van der Waals surface area contributed by atoms with Crippen molar-refractivity contribution in [3.05, 3.63) is 88.8 Å². The van der Waals surface area contributed by atoms with Crippen LogP contribution < -0.4 is 5.32 Å². The molecule has 2 aromatic heterocycles. The molecule has 170 valence electrons. The van der Waals surface area contributed by atoms with Crippen LogP contribution in [0.15, 0.2) is 76.8 Å². The summed E-state index contributed by atoms with van der Waals surface area (Å²) >= 11 is 1.29. The maximum atomic E-state index is 14.2. The number of carbonyl (C=O) groups excluding carboxylic acids is 1. The second-order valence-corrected chi connectivity index (χ2v) is 10.00. The van der Waals surface area contributed by atoms with Crippen LogP contribution in [0.2, 0.25) is 0 Å². The van der Waals surface area contributed by atoms with Crippen molar-refractivity contribution >= 4 is 37.2 Å². The van der Waals surface area contributed by atoms with Gasteiger partial charge in [-0.1, -0.05) is 12.1 Å². The first-order valence-corrected chi connectivity index (χ1v) is 11.7. The highest BCUT2D eigenvalue weighted by Gasteiger charge is 2.32. The monoisotopic (exact) mass is 494 g/mol. The zero-order valence-electron chi connectivity index (χ0n) is 16.6. The summed E-state index contributed by atoms with van der Waals surface area (Å²) in [4.78, 5) is 15.8. The number of alkyl halides is 3. The fraction of sp³-hybridized carbons (Fsp3) is 0.0909. The molecule has 0 saturated heterocycles. The third kappa shape index (κ3) is 4.74. The smallest absolute Gasteiger partial charge is 0.347 e. The molecule has 1 N–H and O–H groups in total. The molecule has 4 rings (SSSR count). The van der Waals surface area contributed by atoms with E-state index in [1.54, 1.807) is 24.5 Å². The quantitative estimate of drug-likeness (QED) is 0.386. The Bertz CT molecular complexity index is 1410. The van der Waals surface area contributed by atoms with Gasteiger partial charge in [-0.2, -0.15) is 13.2 Å². The second-order valence-electron chi connectivity index (χ2n) is 7.00. The second kappa shape index (κ2) is 8.56. The van der Waals surface area contributed by atoms with Crippen molar-refractivity contribution in [1.29, 1.82) is 0 Å². The molecule has 33 heavy (non-hydrogen) atoms. The number of fused-ring (bicyclic) bond motifs is 1. The highest BCUT2D eigenvalue weighted by molar-refractivity contribution is 7.91. The molecular formula is C22H14F4N2O3S2. The number of halogens is 4. The van der Waals surface area contributed by atoms with Crippen LogP contribution >= 0.6 is 11.3 Å². The van der Waals surface area contributed by atoms with Gasteiger partial charge in [0.15, 0.2) is 0 Å². The summed E-state index contributed by atoms with van der Waals surface area (Å²) < 4.78 is 78.5. The van der Waals surface area contributed by atoms with Crippen LogP contribution in [0.3, 0.4) is 0 Å². The van der Waals surface area contributed by atoms with Gasteiger partial charge in [0, 0.05) is 18.9 Å². The lowest BCUT2D eigenvalue weighted by Gasteiger charge is -2.10. The summed E-state index contributed by atoms with van der Waals surface area (Å²) in [5, 5.41) is 3.62. The number of nitrogens with zero attached hydrogens (tertiary/aromatic N) is 1. The Balaban J connectivity index is 1.48. The number of aromatic nitrogens is 1. The molecule has 11 heteroatoms. The predicted molar refractivity (Wildman–Crippen MR) is 114 cm³/mol. The Labute approximate surface area is 189 Å². The van der Waals surface area contributed by atoms with E-state index in [0.29, 0.717) is 22.6 Å². The van der Waals surface area contributed by atoms with Crippen LogP contribution in [0.4, 0.5) is 17.6 Å². The van der Waals surface area contributed by atoms with Crippen LogP contribution in [-0.4, -0.2) is 19.3 Å². The van der Waals surface area contributed by atoms with Gasteiger partial charge >= 0.3 is 6.18 Å². The van der Waals surface area contributed by atoms with Gasteiger partial charge in [0.05, 0.1) is 20.0 Å². The number of rotatable bonds is 5. The standard InChI is InChI=1S/C22H14F4N2O3S2/c23-17-10-15(22(24,25)26)3-6-20(17)33(30,31)16-4-1-13(2-5-16)11-28-21(29)18-9-14-7-8-27-12-19(14)32-18/h1-10,12H,11H2,(H,28,29). The third-order valence-electron chi connectivity index (χ3n) is 4.78. The van der Waals surface area contributed by atoms with Crippen molar-refractivity contribution in [3.63, 3.8) is 0 Å². The lowest BCUT2D eigenvalue weighted by atomic mass is 10.2. The van der Waals surface area contributed by atoms with E-state index in [1.165, 1.54) is 35.6 Å². The molecule has 0 radical (unpaired) electrons. The Morgan fingerprint density at radius 3 is 2.39 bits per heavy atom. The molecule has 0 aliphatic heterocycles. The molecule has 0 aliphatic carbocycles. The number of carbonyl (C=O) groups is 1. The van der Waals surface area contributed by atoms with Crippen LogP contribution in [-0.2, 0) is 22.6 Å². The molecule has 0 saturated carbocycles. The molecule has 0 atom stereocenters. The minimum Gasteiger partial charge on any atom is -0.347 e. The van der Waals surface area contributed by atoms with E-state index in [1.807, 2.05) is 0 Å². The number of benzene rings is 2. The van der Waals surface area contributed by atoms with Gasteiger partial charge in [-0.05, 0) is 53.4 Å². The van der Waals surface area contributed by atoms with Crippen LogP contribution in [0.1, 0.15) is 20.8 Å².